The van der Waals surface area contributed by atoms with Crippen molar-refractivity contribution in [3.63, 3.8) is 0 Å². The van der Waals surface area contributed by atoms with Gasteiger partial charge >= 0.3 is 0 Å². The summed E-state index contributed by atoms with van der Waals surface area (Å²) in [5.74, 6) is -1.61. The molecular formula is C16H16F2N2. The molecule has 2 nitrogen and oxygen atoms in total. The Kier molecular flexibility index (Phi) is 3.40. The van der Waals surface area contributed by atoms with Crippen molar-refractivity contribution in [3.05, 3.63) is 65.2 Å². The van der Waals surface area contributed by atoms with Gasteiger partial charge < -0.3 is 10.6 Å². The molecule has 2 aromatic carbocycles. The molecule has 0 saturated heterocycles. The van der Waals surface area contributed by atoms with E-state index in [2.05, 4.69) is 4.90 Å². The number of para-hydroxylation sites is 1. The molecule has 104 valence electrons. The first-order valence-corrected chi connectivity index (χ1v) is 6.68. The zero-order valence-corrected chi connectivity index (χ0v) is 11.0. The Morgan fingerprint density at radius 3 is 2.70 bits per heavy atom. The summed E-state index contributed by atoms with van der Waals surface area (Å²) in [7, 11) is 0. The van der Waals surface area contributed by atoms with Gasteiger partial charge in [0.05, 0.1) is 0 Å². The number of anilines is 1. The average Bonchev–Trinajstić information content (AvgIpc) is 2.46. The Morgan fingerprint density at radius 1 is 1.10 bits per heavy atom. The minimum Gasteiger partial charge on any atom is -0.367 e. The molecule has 1 heterocycles. The van der Waals surface area contributed by atoms with Gasteiger partial charge in [0.1, 0.15) is 0 Å². The maximum Gasteiger partial charge on any atom is 0.159 e. The monoisotopic (exact) mass is 274 g/mol. The number of benzene rings is 2. The van der Waals surface area contributed by atoms with Gasteiger partial charge in [-0.25, -0.2) is 8.78 Å². The molecule has 0 aromatic heterocycles. The van der Waals surface area contributed by atoms with Crippen molar-refractivity contribution in [2.24, 2.45) is 5.73 Å². The number of fused-ring (bicyclic) bond motifs is 1. The van der Waals surface area contributed by atoms with E-state index >= 15 is 0 Å². The first-order chi connectivity index (χ1) is 9.65. The van der Waals surface area contributed by atoms with E-state index in [0.717, 1.165) is 29.8 Å². The van der Waals surface area contributed by atoms with Gasteiger partial charge in [-0.3, -0.25) is 0 Å². The highest BCUT2D eigenvalue weighted by Gasteiger charge is 2.22. The largest absolute Gasteiger partial charge is 0.367 e. The van der Waals surface area contributed by atoms with E-state index in [1.807, 2.05) is 24.3 Å². The zero-order valence-electron chi connectivity index (χ0n) is 11.0. The van der Waals surface area contributed by atoms with Crippen molar-refractivity contribution in [3.8, 4) is 0 Å². The van der Waals surface area contributed by atoms with Crippen molar-refractivity contribution in [1.29, 1.82) is 0 Å². The molecule has 0 aliphatic carbocycles. The van der Waals surface area contributed by atoms with Crippen LogP contribution in [-0.4, -0.2) is 6.54 Å². The quantitative estimate of drug-likeness (QED) is 0.909. The highest BCUT2D eigenvalue weighted by Crippen LogP contribution is 2.33. The molecular weight excluding hydrogens is 258 g/mol. The second-order valence-corrected chi connectivity index (χ2v) is 5.12. The molecule has 0 amide bonds. The fraction of sp³-hybridized carbons (Fsp3) is 0.250. The number of halogens is 2. The standard InChI is InChI=1S/C16H16F2N2/c17-13-6-5-11(9-14(13)18)10-20-8-7-15(19)12-3-1-2-4-16(12)20/h1-6,9,15H,7-8,10,19H2. The third-order valence-corrected chi connectivity index (χ3v) is 3.74. The van der Waals surface area contributed by atoms with Crippen LogP contribution in [0.2, 0.25) is 0 Å². The van der Waals surface area contributed by atoms with Crippen LogP contribution in [0.5, 0.6) is 0 Å². The van der Waals surface area contributed by atoms with Gasteiger partial charge in [0.2, 0.25) is 0 Å². The van der Waals surface area contributed by atoms with Crippen LogP contribution in [0, 0.1) is 11.6 Å². The molecule has 3 rings (SSSR count). The predicted octanol–water partition coefficient (Wildman–Crippen LogP) is 3.37. The van der Waals surface area contributed by atoms with Gasteiger partial charge in [-0.1, -0.05) is 24.3 Å². The Hall–Kier alpha value is -1.94. The van der Waals surface area contributed by atoms with Gasteiger partial charge in [0.25, 0.3) is 0 Å². The summed E-state index contributed by atoms with van der Waals surface area (Å²) in [5, 5.41) is 0. The second-order valence-electron chi connectivity index (χ2n) is 5.12. The molecule has 1 aliphatic heterocycles. The lowest BCUT2D eigenvalue weighted by molar-refractivity contribution is 0.506. The van der Waals surface area contributed by atoms with E-state index in [9.17, 15) is 8.78 Å². The number of hydrogen-bond donors (Lipinski definition) is 1. The topological polar surface area (TPSA) is 29.3 Å². The van der Waals surface area contributed by atoms with Crippen LogP contribution in [0.3, 0.4) is 0 Å². The number of hydrogen-bond acceptors (Lipinski definition) is 2. The third kappa shape index (κ3) is 2.39. The molecule has 0 saturated carbocycles. The van der Waals surface area contributed by atoms with E-state index in [1.54, 1.807) is 6.07 Å². The summed E-state index contributed by atoms with van der Waals surface area (Å²) in [6.07, 6.45) is 0.862. The SMILES string of the molecule is NC1CCN(Cc2ccc(F)c(F)c2)c2ccccc21. The molecule has 1 atom stereocenters. The van der Waals surface area contributed by atoms with Crippen LogP contribution in [0.1, 0.15) is 23.6 Å². The van der Waals surface area contributed by atoms with Gasteiger partial charge in [-0.05, 0) is 35.7 Å². The highest BCUT2D eigenvalue weighted by atomic mass is 19.2. The molecule has 1 unspecified atom stereocenters. The number of nitrogens with zero attached hydrogens (tertiary/aromatic N) is 1. The van der Waals surface area contributed by atoms with Gasteiger partial charge in [0.15, 0.2) is 11.6 Å². The minimum absolute atomic E-state index is 0.0485. The predicted molar refractivity (Wildman–Crippen MR) is 75.4 cm³/mol. The maximum absolute atomic E-state index is 13.3. The summed E-state index contributed by atoms with van der Waals surface area (Å²) < 4.78 is 26.2. The summed E-state index contributed by atoms with van der Waals surface area (Å²) >= 11 is 0. The smallest absolute Gasteiger partial charge is 0.159 e. The van der Waals surface area contributed by atoms with E-state index in [0.29, 0.717) is 6.54 Å². The van der Waals surface area contributed by atoms with Gasteiger partial charge in [0, 0.05) is 24.8 Å². The Balaban J connectivity index is 1.88. The van der Waals surface area contributed by atoms with Crippen LogP contribution < -0.4 is 10.6 Å². The number of nitrogens with two attached hydrogens (primary N) is 1. The van der Waals surface area contributed by atoms with Crippen molar-refractivity contribution < 1.29 is 8.78 Å². The lowest BCUT2D eigenvalue weighted by Crippen LogP contribution is -2.33. The summed E-state index contributed by atoms with van der Waals surface area (Å²) in [4.78, 5) is 2.16. The van der Waals surface area contributed by atoms with Crippen LogP contribution >= 0.6 is 0 Å². The molecule has 4 heteroatoms. The second kappa shape index (κ2) is 5.21. The fourth-order valence-electron chi connectivity index (χ4n) is 2.68. The van der Waals surface area contributed by atoms with E-state index < -0.39 is 11.6 Å². The summed E-state index contributed by atoms with van der Waals surface area (Å²) in [6.45, 7) is 1.37. The van der Waals surface area contributed by atoms with Crippen molar-refractivity contribution in [1.82, 2.24) is 0 Å². The zero-order chi connectivity index (χ0) is 14.1. The molecule has 0 radical (unpaired) electrons. The average molecular weight is 274 g/mol. The molecule has 0 spiro atoms. The van der Waals surface area contributed by atoms with Crippen molar-refractivity contribution >= 4 is 5.69 Å². The molecule has 0 bridgehead atoms. The van der Waals surface area contributed by atoms with Crippen LogP contribution in [0.15, 0.2) is 42.5 Å². The molecule has 1 aliphatic rings. The lowest BCUT2D eigenvalue weighted by Gasteiger charge is -2.34. The van der Waals surface area contributed by atoms with Crippen LogP contribution in [-0.2, 0) is 6.54 Å². The normalized spacial score (nSPS) is 17.9. The summed E-state index contributed by atoms with van der Waals surface area (Å²) in [6, 6.07) is 12.1. The maximum atomic E-state index is 13.3. The Labute approximate surface area is 116 Å². The third-order valence-electron chi connectivity index (χ3n) is 3.74. The molecule has 2 N–H and O–H groups in total. The number of rotatable bonds is 2. The van der Waals surface area contributed by atoms with Crippen molar-refractivity contribution in [2.45, 2.75) is 19.0 Å². The fourth-order valence-corrected chi connectivity index (χ4v) is 2.68. The van der Waals surface area contributed by atoms with E-state index in [-0.39, 0.29) is 6.04 Å². The lowest BCUT2D eigenvalue weighted by atomic mass is 9.97. The Bertz CT molecular complexity index is 628. The first-order valence-electron chi connectivity index (χ1n) is 6.68. The molecule has 20 heavy (non-hydrogen) atoms. The van der Waals surface area contributed by atoms with Crippen LogP contribution in [0.4, 0.5) is 14.5 Å². The van der Waals surface area contributed by atoms with Crippen LogP contribution in [0.25, 0.3) is 0 Å². The van der Waals surface area contributed by atoms with E-state index in [1.165, 1.54) is 12.1 Å². The van der Waals surface area contributed by atoms with E-state index in [4.69, 9.17) is 5.73 Å². The summed E-state index contributed by atoms with van der Waals surface area (Å²) in [5.41, 5.74) is 9.06. The van der Waals surface area contributed by atoms with Gasteiger partial charge in [-0.2, -0.15) is 0 Å². The minimum atomic E-state index is -0.810. The Morgan fingerprint density at radius 2 is 1.90 bits per heavy atom. The molecule has 0 fully saturated rings. The molecule has 2 aromatic rings. The van der Waals surface area contributed by atoms with Gasteiger partial charge in [-0.15, -0.1) is 0 Å². The first kappa shape index (κ1) is 13.1. The highest BCUT2D eigenvalue weighted by molar-refractivity contribution is 5.57. The van der Waals surface area contributed by atoms with Crippen molar-refractivity contribution in [2.75, 3.05) is 11.4 Å².